The van der Waals surface area contributed by atoms with Gasteiger partial charge >= 0.3 is 5.97 Å². The zero-order chi connectivity index (χ0) is 17.9. The molecule has 2 aromatic rings. The van der Waals surface area contributed by atoms with Crippen molar-refractivity contribution in [3.63, 3.8) is 0 Å². The fraction of sp³-hybridized carbons (Fsp3) is 0.333. The quantitative estimate of drug-likeness (QED) is 0.505. The predicted molar refractivity (Wildman–Crippen MR) is 98.2 cm³/mol. The normalized spacial score (nSPS) is 10.3. The molecule has 0 spiro atoms. The van der Waals surface area contributed by atoms with Crippen LogP contribution in [0.4, 0.5) is 0 Å². The van der Waals surface area contributed by atoms with Crippen molar-refractivity contribution >= 4 is 34.8 Å². The summed E-state index contributed by atoms with van der Waals surface area (Å²) >= 11 is 7.45. The van der Waals surface area contributed by atoms with E-state index in [0.717, 1.165) is 12.8 Å². The molecule has 0 fully saturated rings. The van der Waals surface area contributed by atoms with E-state index in [2.05, 4.69) is 5.32 Å². The number of ether oxygens (including phenoxy) is 2. The van der Waals surface area contributed by atoms with E-state index < -0.39 is 0 Å². The fourth-order valence-electron chi connectivity index (χ4n) is 2.02. The van der Waals surface area contributed by atoms with Gasteiger partial charge in [-0.1, -0.05) is 17.7 Å². The molecule has 0 atom stereocenters. The molecule has 0 radical (unpaired) electrons. The van der Waals surface area contributed by atoms with Gasteiger partial charge in [0.05, 0.1) is 6.54 Å². The summed E-state index contributed by atoms with van der Waals surface area (Å²) < 4.78 is 10.4. The van der Waals surface area contributed by atoms with Crippen molar-refractivity contribution in [1.29, 1.82) is 0 Å². The monoisotopic (exact) mass is 381 g/mol. The number of benzene rings is 1. The van der Waals surface area contributed by atoms with Crippen LogP contribution < -0.4 is 10.1 Å². The van der Waals surface area contributed by atoms with Gasteiger partial charge in [0.25, 0.3) is 5.91 Å². The molecule has 0 aliphatic rings. The molecule has 1 aromatic heterocycles. The van der Waals surface area contributed by atoms with Crippen molar-refractivity contribution in [1.82, 2.24) is 5.32 Å². The predicted octanol–water partition coefficient (Wildman–Crippen LogP) is 3.46. The molecule has 0 unspecified atom stereocenters. The van der Waals surface area contributed by atoms with Gasteiger partial charge in [-0.25, -0.2) is 0 Å². The molecule has 5 nitrogen and oxygen atoms in total. The maximum absolute atomic E-state index is 11.6. The molecule has 0 aliphatic carbocycles. The molecule has 1 aromatic carbocycles. The zero-order valence-corrected chi connectivity index (χ0v) is 15.3. The Labute approximate surface area is 155 Å². The van der Waals surface area contributed by atoms with Gasteiger partial charge in [0, 0.05) is 16.3 Å². The average molecular weight is 382 g/mol. The molecular weight excluding hydrogens is 362 g/mol. The van der Waals surface area contributed by atoms with Crippen LogP contribution in [-0.4, -0.2) is 31.6 Å². The first-order chi connectivity index (χ1) is 12.1. The smallest absolute Gasteiger partial charge is 0.306 e. The molecule has 1 heterocycles. The Morgan fingerprint density at radius 2 is 1.96 bits per heavy atom. The van der Waals surface area contributed by atoms with Crippen molar-refractivity contribution < 1.29 is 19.1 Å². The Hall–Kier alpha value is -2.05. The summed E-state index contributed by atoms with van der Waals surface area (Å²) in [7, 11) is 0. The van der Waals surface area contributed by atoms with Crippen LogP contribution in [0.5, 0.6) is 5.75 Å². The summed E-state index contributed by atoms with van der Waals surface area (Å²) in [4.78, 5) is 24.4. The Morgan fingerprint density at radius 1 is 1.16 bits per heavy atom. The van der Waals surface area contributed by atoms with Gasteiger partial charge < -0.3 is 14.8 Å². The lowest BCUT2D eigenvalue weighted by Crippen LogP contribution is -2.32. The SMILES string of the molecule is O=C(COC(=O)CCCc1cccs1)NCCOc1ccc(Cl)cc1. The number of carbonyl (C=O) groups excluding carboxylic acids is 2. The molecule has 1 amide bonds. The number of halogens is 1. The molecule has 0 aliphatic heterocycles. The highest BCUT2D eigenvalue weighted by atomic mass is 35.5. The Balaban J connectivity index is 1.50. The number of thiophene rings is 1. The minimum absolute atomic E-state index is 0.265. The van der Waals surface area contributed by atoms with Crippen molar-refractivity contribution in [2.45, 2.75) is 19.3 Å². The number of rotatable bonds is 10. The summed E-state index contributed by atoms with van der Waals surface area (Å²) in [6, 6.07) is 11.0. The summed E-state index contributed by atoms with van der Waals surface area (Å²) in [5.74, 6) is -0.0220. The molecule has 2 rings (SSSR count). The van der Waals surface area contributed by atoms with Gasteiger partial charge in [-0.15, -0.1) is 11.3 Å². The van der Waals surface area contributed by atoms with Crippen LogP contribution in [0.25, 0.3) is 0 Å². The first kappa shape index (κ1) is 19.3. The number of hydrogen-bond acceptors (Lipinski definition) is 5. The molecule has 0 saturated heterocycles. The topological polar surface area (TPSA) is 64.6 Å². The number of esters is 1. The van der Waals surface area contributed by atoms with Gasteiger partial charge in [0.15, 0.2) is 6.61 Å². The van der Waals surface area contributed by atoms with E-state index in [4.69, 9.17) is 21.1 Å². The van der Waals surface area contributed by atoms with Crippen LogP contribution in [0, 0.1) is 0 Å². The third-order valence-corrected chi connectivity index (χ3v) is 4.44. The van der Waals surface area contributed by atoms with E-state index in [0.29, 0.717) is 30.3 Å². The second kappa shape index (κ2) is 10.7. The van der Waals surface area contributed by atoms with Crippen molar-refractivity contribution in [2.75, 3.05) is 19.8 Å². The third-order valence-electron chi connectivity index (χ3n) is 3.26. The first-order valence-electron chi connectivity index (χ1n) is 7.96. The zero-order valence-electron chi connectivity index (χ0n) is 13.7. The number of amides is 1. The lowest BCUT2D eigenvalue weighted by atomic mass is 10.2. The van der Waals surface area contributed by atoms with Crippen LogP contribution in [0.15, 0.2) is 41.8 Å². The summed E-state index contributed by atoms with van der Waals surface area (Å²) in [6.07, 6.45) is 1.88. The molecular formula is C18H20ClNO4S. The van der Waals surface area contributed by atoms with E-state index in [1.54, 1.807) is 35.6 Å². The van der Waals surface area contributed by atoms with Gasteiger partial charge in [-0.05, 0) is 48.6 Å². The van der Waals surface area contributed by atoms with Crippen LogP contribution in [0.2, 0.25) is 5.02 Å². The average Bonchev–Trinajstić information content (AvgIpc) is 3.12. The van der Waals surface area contributed by atoms with Crippen molar-refractivity contribution in [3.8, 4) is 5.75 Å². The molecule has 0 saturated carbocycles. The summed E-state index contributed by atoms with van der Waals surface area (Å²) in [5, 5.41) is 5.28. The van der Waals surface area contributed by atoms with Crippen LogP contribution in [0.3, 0.4) is 0 Å². The highest BCUT2D eigenvalue weighted by molar-refractivity contribution is 7.09. The largest absolute Gasteiger partial charge is 0.492 e. The van der Waals surface area contributed by atoms with Gasteiger partial charge in [0.2, 0.25) is 0 Å². The second-order valence-corrected chi connectivity index (χ2v) is 6.71. The standard InChI is InChI=1S/C18H20ClNO4S/c19-14-6-8-15(9-7-14)23-11-10-20-17(21)13-24-18(22)5-1-3-16-4-2-12-25-16/h2,4,6-9,12H,1,3,5,10-11,13H2,(H,20,21). The maximum Gasteiger partial charge on any atom is 0.306 e. The lowest BCUT2D eigenvalue weighted by Gasteiger charge is -2.08. The van der Waals surface area contributed by atoms with E-state index in [1.165, 1.54) is 4.88 Å². The number of hydrogen-bond donors (Lipinski definition) is 1. The lowest BCUT2D eigenvalue weighted by molar-refractivity contribution is -0.148. The van der Waals surface area contributed by atoms with Gasteiger partial charge in [-0.3, -0.25) is 9.59 Å². The minimum Gasteiger partial charge on any atom is -0.492 e. The summed E-state index contributed by atoms with van der Waals surface area (Å²) in [5.41, 5.74) is 0. The van der Waals surface area contributed by atoms with Gasteiger partial charge in [0.1, 0.15) is 12.4 Å². The van der Waals surface area contributed by atoms with Gasteiger partial charge in [-0.2, -0.15) is 0 Å². The second-order valence-electron chi connectivity index (χ2n) is 5.25. The Bertz CT molecular complexity index is 658. The summed E-state index contributed by atoms with van der Waals surface area (Å²) in [6.45, 7) is 0.387. The van der Waals surface area contributed by atoms with E-state index in [-0.39, 0.29) is 18.5 Å². The van der Waals surface area contributed by atoms with Crippen molar-refractivity contribution in [3.05, 3.63) is 51.7 Å². The van der Waals surface area contributed by atoms with Crippen LogP contribution >= 0.6 is 22.9 Å². The maximum atomic E-state index is 11.6. The van der Waals surface area contributed by atoms with Crippen LogP contribution in [-0.2, 0) is 20.7 Å². The molecule has 25 heavy (non-hydrogen) atoms. The number of nitrogens with one attached hydrogen (secondary N) is 1. The first-order valence-corrected chi connectivity index (χ1v) is 9.22. The van der Waals surface area contributed by atoms with E-state index in [9.17, 15) is 9.59 Å². The van der Waals surface area contributed by atoms with Crippen LogP contribution in [0.1, 0.15) is 17.7 Å². The Kier molecular flexibility index (Phi) is 8.28. The van der Waals surface area contributed by atoms with Crippen molar-refractivity contribution in [2.24, 2.45) is 0 Å². The van der Waals surface area contributed by atoms with E-state index >= 15 is 0 Å². The fourth-order valence-corrected chi connectivity index (χ4v) is 2.90. The molecule has 134 valence electrons. The van der Waals surface area contributed by atoms with E-state index in [1.807, 2.05) is 17.5 Å². The number of aryl methyl sites for hydroxylation is 1. The molecule has 0 bridgehead atoms. The molecule has 7 heteroatoms. The highest BCUT2D eigenvalue weighted by Crippen LogP contribution is 2.15. The Morgan fingerprint density at radius 3 is 2.68 bits per heavy atom. The molecule has 1 N–H and O–H groups in total. The number of carbonyl (C=O) groups is 2. The third kappa shape index (κ3) is 8.05. The minimum atomic E-state index is -0.357. The highest BCUT2D eigenvalue weighted by Gasteiger charge is 2.07.